The van der Waals surface area contributed by atoms with Crippen LogP contribution in [0.25, 0.3) is 5.82 Å². The molecular weight excluding hydrogens is 287 g/mol. The number of hydrogen-bond acceptors (Lipinski definition) is 4. The van der Waals surface area contributed by atoms with E-state index in [0.717, 1.165) is 4.68 Å². The topological polar surface area (TPSA) is 68.0 Å². The monoisotopic (exact) mass is 297 g/mol. The Hall–Kier alpha value is -2.38. The Morgan fingerprint density at radius 2 is 2.00 bits per heavy atom. The minimum atomic E-state index is -4.64. The van der Waals surface area contributed by atoms with E-state index in [2.05, 4.69) is 10.1 Å². The first-order chi connectivity index (χ1) is 9.88. The summed E-state index contributed by atoms with van der Waals surface area (Å²) in [5.74, 6) is -0.769. The highest BCUT2D eigenvalue weighted by atomic mass is 19.4. The lowest BCUT2D eigenvalue weighted by Gasteiger charge is -2.13. The number of carbonyl (C=O) groups excluding carboxylic acids is 1. The van der Waals surface area contributed by atoms with Gasteiger partial charge >= 0.3 is 6.18 Å². The van der Waals surface area contributed by atoms with Crippen LogP contribution in [-0.2, 0) is 12.6 Å². The van der Waals surface area contributed by atoms with Gasteiger partial charge in [0, 0.05) is 18.1 Å². The van der Waals surface area contributed by atoms with Crippen molar-refractivity contribution in [2.24, 2.45) is 0 Å². The van der Waals surface area contributed by atoms with Crippen LogP contribution in [-0.4, -0.2) is 25.7 Å². The van der Waals surface area contributed by atoms with Crippen molar-refractivity contribution in [1.29, 1.82) is 0 Å². The van der Waals surface area contributed by atoms with Gasteiger partial charge in [-0.2, -0.15) is 23.3 Å². The summed E-state index contributed by atoms with van der Waals surface area (Å²) in [7, 11) is 0. The van der Waals surface area contributed by atoms with Crippen molar-refractivity contribution in [3.63, 3.8) is 0 Å². The number of Topliss-reactive ketones (excluding diaryl/α,β-unsaturated/α-hetero) is 1. The van der Waals surface area contributed by atoms with E-state index in [4.69, 9.17) is 0 Å². The molecule has 0 unspecified atom stereocenters. The summed E-state index contributed by atoms with van der Waals surface area (Å²) in [6, 6.07) is 4.09. The van der Waals surface area contributed by atoms with E-state index in [1.807, 2.05) is 0 Å². The van der Waals surface area contributed by atoms with E-state index in [1.54, 1.807) is 0 Å². The fourth-order valence-electron chi connectivity index (χ4n) is 2.44. The van der Waals surface area contributed by atoms with Crippen molar-refractivity contribution in [3.05, 3.63) is 35.2 Å². The number of hydrogen-bond donors (Lipinski definition) is 1. The fraction of sp³-hybridized carbons (Fsp3) is 0.308. The summed E-state index contributed by atoms with van der Waals surface area (Å²) in [5, 5.41) is 12.9. The van der Waals surface area contributed by atoms with E-state index in [9.17, 15) is 23.1 Å². The van der Waals surface area contributed by atoms with Crippen molar-refractivity contribution >= 4 is 5.78 Å². The third-order valence-corrected chi connectivity index (χ3v) is 3.28. The number of pyridine rings is 1. The number of aromatic nitrogens is 3. The Morgan fingerprint density at radius 1 is 1.24 bits per heavy atom. The third-order valence-electron chi connectivity index (χ3n) is 3.28. The van der Waals surface area contributed by atoms with E-state index in [-0.39, 0.29) is 35.8 Å². The summed E-state index contributed by atoms with van der Waals surface area (Å²) in [6.45, 7) is 0. The number of ketones is 1. The van der Waals surface area contributed by atoms with Crippen LogP contribution in [0.3, 0.4) is 0 Å². The van der Waals surface area contributed by atoms with Gasteiger partial charge in [-0.3, -0.25) is 4.79 Å². The second-order valence-electron chi connectivity index (χ2n) is 4.72. The number of alkyl halides is 3. The van der Waals surface area contributed by atoms with Gasteiger partial charge in [-0.15, -0.1) is 0 Å². The van der Waals surface area contributed by atoms with Crippen molar-refractivity contribution in [3.8, 4) is 11.7 Å². The fourth-order valence-corrected chi connectivity index (χ4v) is 2.44. The van der Waals surface area contributed by atoms with Crippen LogP contribution >= 0.6 is 0 Å². The first kappa shape index (κ1) is 13.6. The van der Waals surface area contributed by atoms with Crippen molar-refractivity contribution in [2.75, 3.05) is 0 Å². The molecule has 0 saturated carbocycles. The zero-order valence-electron chi connectivity index (χ0n) is 10.7. The first-order valence-corrected chi connectivity index (χ1v) is 6.26. The second-order valence-corrected chi connectivity index (χ2v) is 4.72. The minimum absolute atomic E-state index is 0.0167. The minimum Gasteiger partial charge on any atom is -0.493 e. The quantitative estimate of drug-likeness (QED) is 0.878. The van der Waals surface area contributed by atoms with Gasteiger partial charge in [-0.25, -0.2) is 4.68 Å². The van der Waals surface area contributed by atoms with E-state index in [1.165, 1.54) is 18.2 Å². The van der Waals surface area contributed by atoms with E-state index >= 15 is 0 Å². The first-order valence-electron chi connectivity index (χ1n) is 6.26. The maximum absolute atomic E-state index is 13.1. The van der Waals surface area contributed by atoms with Gasteiger partial charge in [0.15, 0.2) is 17.3 Å². The van der Waals surface area contributed by atoms with Crippen LogP contribution in [0.4, 0.5) is 13.2 Å². The molecule has 8 heteroatoms. The molecule has 0 spiro atoms. The number of aromatic hydroxyl groups is 1. The summed E-state index contributed by atoms with van der Waals surface area (Å²) in [4.78, 5) is 15.7. The number of rotatable bonds is 1. The molecule has 110 valence electrons. The Labute approximate surface area is 117 Å². The van der Waals surface area contributed by atoms with E-state index < -0.39 is 17.7 Å². The van der Waals surface area contributed by atoms with Gasteiger partial charge in [0.1, 0.15) is 5.69 Å². The molecule has 2 heterocycles. The highest BCUT2D eigenvalue weighted by Crippen LogP contribution is 2.36. The summed E-state index contributed by atoms with van der Waals surface area (Å²) in [6.07, 6.45) is -3.94. The lowest BCUT2D eigenvalue weighted by Crippen LogP contribution is -2.16. The van der Waals surface area contributed by atoms with Gasteiger partial charge in [-0.05, 0) is 18.9 Å². The molecule has 0 atom stereocenters. The zero-order valence-corrected chi connectivity index (χ0v) is 10.7. The van der Waals surface area contributed by atoms with Crippen molar-refractivity contribution in [2.45, 2.75) is 25.4 Å². The molecule has 0 radical (unpaired) electrons. The molecule has 2 aromatic rings. The Balaban J connectivity index is 2.26. The molecule has 0 saturated heterocycles. The average molecular weight is 297 g/mol. The average Bonchev–Trinajstić information content (AvgIpc) is 2.79. The van der Waals surface area contributed by atoms with Gasteiger partial charge in [0.2, 0.25) is 5.88 Å². The molecule has 0 aromatic carbocycles. The third kappa shape index (κ3) is 2.26. The molecule has 5 nitrogen and oxygen atoms in total. The number of halogens is 3. The standard InChI is InChI=1S/C13H10F3N3O2/c14-13(15,16)12-7-3-1-4-8(20)11(7)19(18-12)9-5-2-6-10(21)17-9/h2,5-6H,1,3-4H2,(H,17,21). The summed E-state index contributed by atoms with van der Waals surface area (Å²) >= 11 is 0. The number of fused-ring (bicyclic) bond motifs is 1. The number of carbonyl (C=O) groups is 1. The molecule has 0 fully saturated rings. The maximum Gasteiger partial charge on any atom is 0.435 e. The molecule has 2 aromatic heterocycles. The Bertz CT molecular complexity index is 722. The highest BCUT2D eigenvalue weighted by molar-refractivity contribution is 5.97. The molecule has 0 amide bonds. The van der Waals surface area contributed by atoms with Gasteiger partial charge in [0.05, 0.1) is 0 Å². The highest BCUT2D eigenvalue weighted by Gasteiger charge is 2.41. The Morgan fingerprint density at radius 3 is 2.67 bits per heavy atom. The second kappa shape index (κ2) is 4.57. The van der Waals surface area contributed by atoms with Crippen LogP contribution in [0.15, 0.2) is 18.2 Å². The molecular formula is C13H10F3N3O2. The van der Waals surface area contributed by atoms with Crippen LogP contribution < -0.4 is 0 Å². The van der Waals surface area contributed by atoms with Gasteiger partial charge < -0.3 is 5.11 Å². The zero-order chi connectivity index (χ0) is 15.2. The predicted octanol–water partition coefficient (Wildman–Crippen LogP) is 2.51. The maximum atomic E-state index is 13.1. The van der Waals surface area contributed by atoms with Crippen LogP contribution in [0, 0.1) is 0 Å². The molecule has 21 heavy (non-hydrogen) atoms. The number of nitrogens with zero attached hydrogens (tertiary/aromatic N) is 3. The summed E-state index contributed by atoms with van der Waals surface area (Å²) in [5.41, 5.74) is -1.24. The van der Waals surface area contributed by atoms with Gasteiger partial charge in [-0.1, -0.05) is 6.07 Å². The smallest absolute Gasteiger partial charge is 0.435 e. The van der Waals surface area contributed by atoms with Crippen LogP contribution in [0.1, 0.15) is 34.6 Å². The lowest BCUT2D eigenvalue weighted by molar-refractivity contribution is -0.142. The van der Waals surface area contributed by atoms with E-state index in [0.29, 0.717) is 6.42 Å². The molecule has 1 aliphatic carbocycles. The molecule has 1 aliphatic rings. The molecule has 0 bridgehead atoms. The van der Waals surface area contributed by atoms with Crippen LogP contribution in [0.2, 0.25) is 0 Å². The Kier molecular flexibility index (Phi) is 2.96. The predicted molar refractivity (Wildman–Crippen MR) is 65.3 cm³/mol. The SMILES string of the molecule is O=C1CCCc2c(C(F)(F)F)nn(-c3cccc(O)n3)c21. The van der Waals surface area contributed by atoms with Crippen molar-refractivity contribution in [1.82, 2.24) is 14.8 Å². The van der Waals surface area contributed by atoms with Crippen molar-refractivity contribution < 1.29 is 23.1 Å². The lowest BCUT2D eigenvalue weighted by atomic mass is 9.94. The van der Waals surface area contributed by atoms with Gasteiger partial charge in [0.25, 0.3) is 0 Å². The molecule has 1 N–H and O–H groups in total. The van der Waals surface area contributed by atoms with Crippen LogP contribution in [0.5, 0.6) is 5.88 Å². The largest absolute Gasteiger partial charge is 0.493 e. The summed E-state index contributed by atoms with van der Waals surface area (Å²) < 4.78 is 40.0. The molecule has 3 rings (SSSR count). The normalized spacial score (nSPS) is 15.1. The molecule has 0 aliphatic heterocycles.